The Bertz CT molecular complexity index is 1200. The Balaban J connectivity index is 1.33. The first-order chi connectivity index (χ1) is 18.6. The van der Waals surface area contributed by atoms with Crippen LogP contribution in [0.1, 0.15) is 92.2 Å². The summed E-state index contributed by atoms with van der Waals surface area (Å²) in [5.41, 5.74) is 3.99. The highest BCUT2D eigenvalue weighted by Gasteiger charge is 2.15. The monoisotopic (exact) mass is 515 g/mol. The fraction of sp³-hybridized carbons (Fsp3) is 0.419. The molecule has 0 unspecified atom stereocenters. The first-order valence-electron chi connectivity index (χ1n) is 13.8. The standard InChI is InChI=1S/C31H37N3O4/c35-29(36)14-5-4-13-27(26-12-8-19-32-21-26)24-15-17-25(18-16-24)31-34-28(22-38-31)30(37)33-20-7-6-11-23-9-2-1-3-10-23/h8,12-13,15-19,21-23H,1-7,9-11,14,20H2,(H,33,37)(H,35,36)/b27-13+. The van der Waals surface area contributed by atoms with Crippen LogP contribution < -0.4 is 5.32 Å². The van der Waals surface area contributed by atoms with Gasteiger partial charge in [-0.2, -0.15) is 0 Å². The number of hydrogen-bond donors (Lipinski definition) is 2. The van der Waals surface area contributed by atoms with Crippen molar-refractivity contribution in [1.82, 2.24) is 15.3 Å². The summed E-state index contributed by atoms with van der Waals surface area (Å²) < 4.78 is 5.61. The number of oxazole rings is 1. The highest BCUT2D eigenvalue weighted by molar-refractivity contribution is 5.92. The summed E-state index contributed by atoms with van der Waals surface area (Å²) in [7, 11) is 0. The quantitative estimate of drug-likeness (QED) is 0.240. The van der Waals surface area contributed by atoms with Crippen LogP contribution in [0.3, 0.4) is 0 Å². The number of carboxylic acids is 1. The third-order valence-electron chi connectivity index (χ3n) is 7.14. The summed E-state index contributed by atoms with van der Waals surface area (Å²) in [6.07, 6.45) is 18.6. The molecule has 0 atom stereocenters. The fourth-order valence-electron chi connectivity index (χ4n) is 5.05. The number of unbranched alkanes of at least 4 members (excludes halogenated alkanes) is 2. The lowest BCUT2D eigenvalue weighted by Gasteiger charge is -2.21. The molecular weight excluding hydrogens is 478 g/mol. The predicted molar refractivity (Wildman–Crippen MR) is 148 cm³/mol. The third kappa shape index (κ3) is 8.13. The van der Waals surface area contributed by atoms with Crippen molar-refractivity contribution in [2.45, 2.75) is 70.6 Å². The number of nitrogens with zero attached hydrogens (tertiary/aromatic N) is 2. The van der Waals surface area contributed by atoms with Gasteiger partial charge in [-0.25, -0.2) is 4.98 Å². The average molecular weight is 516 g/mol. The second-order valence-electron chi connectivity index (χ2n) is 10.0. The minimum absolute atomic E-state index is 0.135. The molecule has 0 bridgehead atoms. The number of rotatable bonds is 13. The van der Waals surface area contributed by atoms with Gasteiger partial charge in [0, 0.05) is 36.5 Å². The maximum atomic E-state index is 12.5. The Labute approximate surface area is 224 Å². The number of benzene rings is 1. The molecule has 1 amide bonds. The second kappa shape index (κ2) is 14.3. The van der Waals surface area contributed by atoms with Gasteiger partial charge >= 0.3 is 5.97 Å². The maximum absolute atomic E-state index is 12.5. The van der Waals surface area contributed by atoms with Gasteiger partial charge in [0.15, 0.2) is 5.69 Å². The van der Waals surface area contributed by atoms with E-state index < -0.39 is 5.97 Å². The van der Waals surface area contributed by atoms with Gasteiger partial charge in [-0.3, -0.25) is 14.6 Å². The summed E-state index contributed by atoms with van der Waals surface area (Å²) in [5, 5.41) is 11.9. The van der Waals surface area contributed by atoms with Gasteiger partial charge in [0.1, 0.15) is 6.26 Å². The molecular formula is C31H37N3O4. The maximum Gasteiger partial charge on any atom is 0.303 e. The minimum Gasteiger partial charge on any atom is -0.481 e. The Morgan fingerprint density at radius 2 is 1.84 bits per heavy atom. The summed E-state index contributed by atoms with van der Waals surface area (Å²) >= 11 is 0. The normalized spacial score (nSPS) is 14.4. The molecule has 1 aromatic carbocycles. The smallest absolute Gasteiger partial charge is 0.303 e. The predicted octanol–water partition coefficient (Wildman–Crippen LogP) is 6.90. The van der Waals surface area contributed by atoms with Gasteiger partial charge in [-0.15, -0.1) is 0 Å². The lowest BCUT2D eigenvalue weighted by Crippen LogP contribution is -2.24. The van der Waals surface area contributed by atoms with E-state index in [0.29, 0.717) is 25.3 Å². The fourth-order valence-corrected chi connectivity index (χ4v) is 5.05. The number of amides is 1. The van der Waals surface area contributed by atoms with Crippen LogP contribution in [0.15, 0.2) is 65.5 Å². The highest BCUT2D eigenvalue weighted by Crippen LogP contribution is 2.28. The Hall–Kier alpha value is -3.74. The van der Waals surface area contributed by atoms with Crippen LogP contribution in [0.2, 0.25) is 0 Å². The summed E-state index contributed by atoms with van der Waals surface area (Å²) in [4.78, 5) is 32.0. The number of hydrogen-bond acceptors (Lipinski definition) is 5. The van der Waals surface area contributed by atoms with Crippen LogP contribution >= 0.6 is 0 Å². The van der Waals surface area contributed by atoms with Crippen molar-refractivity contribution in [2.24, 2.45) is 5.92 Å². The van der Waals surface area contributed by atoms with E-state index in [1.807, 2.05) is 36.4 Å². The van der Waals surface area contributed by atoms with E-state index in [-0.39, 0.29) is 18.0 Å². The van der Waals surface area contributed by atoms with Crippen molar-refractivity contribution < 1.29 is 19.1 Å². The minimum atomic E-state index is -0.792. The van der Waals surface area contributed by atoms with Crippen molar-refractivity contribution in [3.05, 3.63) is 78.0 Å². The molecule has 38 heavy (non-hydrogen) atoms. The molecule has 200 valence electrons. The zero-order chi connectivity index (χ0) is 26.6. The van der Waals surface area contributed by atoms with Crippen LogP contribution in [-0.4, -0.2) is 33.5 Å². The van der Waals surface area contributed by atoms with Crippen LogP contribution in [-0.2, 0) is 4.79 Å². The second-order valence-corrected chi connectivity index (χ2v) is 10.0. The molecule has 1 aliphatic carbocycles. The van der Waals surface area contributed by atoms with Crippen molar-refractivity contribution in [3.8, 4) is 11.5 Å². The molecule has 0 spiro atoms. The topological polar surface area (TPSA) is 105 Å². The zero-order valence-corrected chi connectivity index (χ0v) is 21.9. The van der Waals surface area contributed by atoms with Gasteiger partial charge in [-0.05, 0) is 54.5 Å². The summed E-state index contributed by atoms with van der Waals surface area (Å²) in [6, 6.07) is 11.6. The Morgan fingerprint density at radius 1 is 1.03 bits per heavy atom. The van der Waals surface area contributed by atoms with E-state index in [1.54, 1.807) is 12.4 Å². The number of nitrogens with one attached hydrogen (secondary N) is 1. The zero-order valence-electron chi connectivity index (χ0n) is 21.9. The van der Waals surface area contributed by atoms with Gasteiger partial charge in [0.2, 0.25) is 5.89 Å². The first kappa shape index (κ1) is 27.3. The number of allylic oxidation sites excluding steroid dienone is 1. The molecule has 7 nitrogen and oxygen atoms in total. The summed E-state index contributed by atoms with van der Waals surface area (Å²) in [5.74, 6) is 0.265. The molecule has 0 aliphatic heterocycles. The molecule has 2 N–H and O–H groups in total. The van der Waals surface area contributed by atoms with Gasteiger partial charge in [0.25, 0.3) is 5.91 Å². The number of carbonyl (C=O) groups is 2. The first-order valence-corrected chi connectivity index (χ1v) is 13.8. The van der Waals surface area contributed by atoms with Gasteiger partial charge < -0.3 is 14.8 Å². The van der Waals surface area contributed by atoms with Crippen molar-refractivity contribution >= 4 is 17.4 Å². The highest BCUT2D eigenvalue weighted by atomic mass is 16.4. The molecule has 0 saturated heterocycles. The Kier molecular flexibility index (Phi) is 10.2. The molecule has 7 heteroatoms. The van der Waals surface area contributed by atoms with Crippen molar-refractivity contribution in [2.75, 3.05) is 6.54 Å². The van der Waals surface area contributed by atoms with E-state index in [2.05, 4.69) is 21.4 Å². The molecule has 1 saturated carbocycles. The number of carboxylic acid groups (broad SMARTS) is 1. The number of carbonyl (C=O) groups excluding carboxylic acids is 1. The van der Waals surface area contributed by atoms with Gasteiger partial charge in [0.05, 0.1) is 0 Å². The molecule has 0 radical (unpaired) electrons. The van der Waals surface area contributed by atoms with E-state index in [0.717, 1.165) is 41.0 Å². The molecule has 2 aromatic heterocycles. The Morgan fingerprint density at radius 3 is 2.58 bits per heavy atom. The number of pyridine rings is 1. The molecule has 4 rings (SSSR count). The van der Waals surface area contributed by atoms with E-state index >= 15 is 0 Å². The largest absolute Gasteiger partial charge is 0.481 e. The van der Waals surface area contributed by atoms with Crippen LogP contribution in [0.25, 0.3) is 17.0 Å². The van der Waals surface area contributed by atoms with E-state index in [9.17, 15) is 9.59 Å². The van der Waals surface area contributed by atoms with Crippen molar-refractivity contribution in [1.29, 1.82) is 0 Å². The SMILES string of the molecule is O=C(O)CCC/C=C(\c1ccc(-c2nc(C(=O)NCCCCC3CCCCC3)co2)cc1)c1cccnc1. The average Bonchev–Trinajstić information content (AvgIpc) is 3.45. The summed E-state index contributed by atoms with van der Waals surface area (Å²) in [6.45, 7) is 0.651. The molecule has 2 heterocycles. The third-order valence-corrected chi connectivity index (χ3v) is 7.14. The number of aliphatic carboxylic acids is 1. The van der Waals surface area contributed by atoms with Gasteiger partial charge in [-0.1, -0.05) is 69.2 Å². The molecule has 1 aliphatic rings. The molecule has 3 aromatic rings. The number of aromatic nitrogens is 2. The lowest BCUT2D eigenvalue weighted by atomic mass is 9.86. The van der Waals surface area contributed by atoms with E-state index in [4.69, 9.17) is 9.52 Å². The van der Waals surface area contributed by atoms with Crippen LogP contribution in [0.4, 0.5) is 0 Å². The van der Waals surface area contributed by atoms with E-state index in [1.165, 1.54) is 44.8 Å². The van der Waals surface area contributed by atoms with Crippen molar-refractivity contribution in [3.63, 3.8) is 0 Å². The van der Waals surface area contributed by atoms with Crippen LogP contribution in [0, 0.1) is 5.92 Å². The lowest BCUT2D eigenvalue weighted by molar-refractivity contribution is -0.137. The molecule has 1 fully saturated rings. The van der Waals surface area contributed by atoms with Crippen LogP contribution in [0.5, 0.6) is 0 Å².